The number of aromatic nitrogens is 1. The summed E-state index contributed by atoms with van der Waals surface area (Å²) < 4.78 is 23.2. The average Bonchev–Trinajstić information content (AvgIpc) is 3.39. The van der Waals surface area contributed by atoms with Gasteiger partial charge in [-0.05, 0) is 31.3 Å². The number of methoxy groups -OCH3 is 1. The van der Waals surface area contributed by atoms with E-state index in [4.69, 9.17) is 48.9 Å². The number of carbonyl (C=O) groups excluding carboxylic acids is 1. The number of carbonyl (C=O) groups is 5. The third kappa shape index (κ3) is 11.2. The minimum Gasteiger partial charge on any atom is -0.473 e. The molecule has 2 heterocycles. The van der Waals surface area contributed by atoms with Crippen molar-refractivity contribution in [2.24, 2.45) is 5.92 Å². The van der Waals surface area contributed by atoms with Crippen molar-refractivity contribution < 1.29 is 63.2 Å². The zero-order valence-corrected chi connectivity index (χ0v) is 20.9. The van der Waals surface area contributed by atoms with Crippen LogP contribution in [0, 0.1) is 11.7 Å². The molecule has 3 rings (SSSR count). The number of aliphatic hydroxyl groups excluding tert-OH is 1. The molecule has 15 nitrogen and oxygen atoms in total. The van der Waals surface area contributed by atoms with Gasteiger partial charge in [-0.1, -0.05) is 5.16 Å². The summed E-state index contributed by atoms with van der Waals surface area (Å²) in [5.41, 5.74) is 0.884. The lowest BCUT2D eigenvalue weighted by molar-refractivity contribution is -0.159. The van der Waals surface area contributed by atoms with Gasteiger partial charge in [-0.2, -0.15) is 0 Å². The lowest BCUT2D eigenvalue weighted by atomic mass is 9.98. The smallest absolute Gasteiger partial charge is 0.414 e. The van der Waals surface area contributed by atoms with Gasteiger partial charge in [-0.15, -0.1) is 0 Å². The molecule has 214 valence electrons. The number of esters is 1. The molecule has 1 saturated heterocycles. The lowest BCUT2D eigenvalue weighted by Crippen LogP contribution is -2.48. The summed E-state index contributed by atoms with van der Waals surface area (Å²) in [6.45, 7) is 3.82. The van der Waals surface area contributed by atoms with Gasteiger partial charge in [0, 0.05) is 44.4 Å². The molecule has 0 bridgehead atoms. The Balaban J connectivity index is 0.000000530. The van der Waals surface area contributed by atoms with Crippen molar-refractivity contribution in [2.45, 2.75) is 6.10 Å². The van der Waals surface area contributed by atoms with Crippen LogP contribution in [0.1, 0.15) is 11.8 Å². The number of benzene rings is 1. The maximum absolute atomic E-state index is 13.1. The monoisotopic (exact) mass is 557 g/mol. The second-order valence-corrected chi connectivity index (χ2v) is 8.02. The molecule has 39 heavy (non-hydrogen) atoms. The van der Waals surface area contributed by atoms with Crippen molar-refractivity contribution in [3.63, 3.8) is 0 Å². The summed E-state index contributed by atoms with van der Waals surface area (Å²) in [6, 6.07) is 7.33. The van der Waals surface area contributed by atoms with Crippen molar-refractivity contribution in [1.82, 2.24) is 15.0 Å². The van der Waals surface area contributed by atoms with Crippen LogP contribution in [-0.4, -0.2) is 117 Å². The van der Waals surface area contributed by atoms with Crippen LogP contribution in [0.4, 0.5) is 4.39 Å². The Morgan fingerprint density at radius 3 is 1.87 bits per heavy atom. The minimum atomic E-state index is -1.82. The van der Waals surface area contributed by atoms with Gasteiger partial charge in [0.25, 0.3) is 0 Å². The zero-order valence-electron chi connectivity index (χ0n) is 20.9. The fourth-order valence-electron chi connectivity index (χ4n) is 3.15. The molecule has 0 amide bonds. The SMILES string of the molecule is COC(=O)C(CN1CCN(C)CC1)C(O)c1cc(-c2ccc(F)cc2)on1.O=C(O)C(=O)O.O=C(O)C(=O)O. The summed E-state index contributed by atoms with van der Waals surface area (Å²) in [5, 5.41) is 44.2. The Morgan fingerprint density at radius 1 is 0.949 bits per heavy atom. The van der Waals surface area contributed by atoms with Crippen LogP contribution in [0.2, 0.25) is 0 Å². The van der Waals surface area contributed by atoms with E-state index in [-0.39, 0.29) is 11.5 Å². The topological polar surface area (TPSA) is 228 Å². The molecule has 0 spiro atoms. The van der Waals surface area contributed by atoms with E-state index in [1.807, 2.05) is 0 Å². The number of ether oxygens (including phenoxy) is 1. The molecular weight excluding hydrogens is 529 g/mol. The number of carboxylic acids is 4. The van der Waals surface area contributed by atoms with Crippen molar-refractivity contribution >= 4 is 29.8 Å². The highest BCUT2D eigenvalue weighted by Crippen LogP contribution is 2.28. The number of rotatable bonds is 6. The molecule has 1 aliphatic heterocycles. The molecule has 0 saturated carbocycles. The van der Waals surface area contributed by atoms with Gasteiger partial charge in [0.2, 0.25) is 0 Å². The number of hydrogen-bond donors (Lipinski definition) is 5. The maximum Gasteiger partial charge on any atom is 0.414 e. The Kier molecular flexibility index (Phi) is 13.2. The van der Waals surface area contributed by atoms with Crippen LogP contribution >= 0.6 is 0 Å². The average molecular weight is 557 g/mol. The van der Waals surface area contributed by atoms with Crippen LogP contribution in [0.15, 0.2) is 34.9 Å². The molecule has 1 aliphatic rings. The number of carboxylic acid groups (broad SMARTS) is 4. The number of aliphatic carboxylic acids is 4. The number of hydrogen-bond acceptors (Lipinski definition) is 11. The first-order valence-corrected chi connectivity index (χ1v) is 11.1. The van der Waals surface area contributed by atoms with Gasteiger partial charge in [0.15, 0.2) is 5.76 Å². The Morgan fingerprint density at radius 2 is 1.44 bits per heavy atom. The summed E-state index contributed by atoms with van der Waals surface area (Å²) in [7, 11) is 3.36. The molecule has 2 unspecified atom stereocenters. The normalized spacial score (nSPS) is 14.9. The predicted octanol–water partition coefficient (Wildman–Crippen LogP) is -0.138. The van der Waals surface area contributed by atoms with E-state index in [2.05, 4.69) is 22.0 Å². The van der Waals surface area contributed by atoms with Crippen LogP contribution < -0.4 is 0 Å². The highest BCUT2D eigenvalue weighted by atomic mass is 19.1. The first kappa shape index (κ1) is 32.6. The van der Waals surface area contributed by atoms with Crippen LogP contribution in [-0.2, 0) is 28.7 Å². The van der Waals surface area contributed by atoms with Gasteiger partial charge in [-0.3, -0.25) is 9.69 Å². The van der Waals surface area contributed by atoms with Crippen LogP contribution in [0.25, 0.3) is 11.3 Å². The summed E-state index contributed by atoms with van der Waals surface area (Å²) in [4.78, 5) is 53.0. The predicted molar refractivity (Wildman–Crippen MR) is 127 cm³/mol. The van der Waals surface area contributed by atoms with Gasteiger partial charge < -0.3 is 39.7 Å². The van der Waals surface area contributed by atoms with E-state index >= 15 is 0 Å². The highest BCUT2D eigenvalue weighted by Gasteiger charge is 2.33. The van der Waals surface area contributed by atoms with E-state index < -0.39 is 41.9 Å². The second kappa shape index (κ2) is 15.8. The van der Waals surface area contributed by atoms with Crippen molar-refractivity contribution in [3.05, 3.63) is 41.8 Å². The summed E-state index contributed by atoms with van der Waals surface area (Å²) in [5.74, 6) is -8.52. The van der Waals surface area contributed by atoms with Gasteiger partial charge >= 0.3 is 29.8 Å². The summed E-state index contributed by atoms with van der Waals surface area (Å²) in [6.07, 6.45) is -1.16. The number of piperazine rings is 1. The Hall–Kier alpha value is -4.41. The third-order valence-electron chi connectivity index (χ3n) is 5.26. The molecule has 1 aromatic heterocycles. The first-order chi connectivity index (χ1) is 18.3. The number of aliphatic hydroxyl groups is 1. The van der Waals surface area contributed by atoms with Crippen molar-refractivity contribution in [2.75, 3.05) is 46.9 Å². The van der Waals surface area contributed by atoms with Crippen LogP contribution in [0.3, 0.4) is 0 Å². The Bertz CT molecular complexity index is 1080. The fraction of sp³-hybridized carbons (Fsp3) is 0.391. The van der Waals surface area contributed by atoms with E-state index in [1.54, 1.807) is 18.2 Å². The van der Waals surface area contributed by atoms with E-state index in [0.717, 1.165) is 26.2 Å². The molecule has 1 aromatic carbocycles. The fourth-order valence-corrected chi connectivity index (χ4v) is 3.15. The molecule has 2 atom stereocenters. The molecule has 1 fully saturated rings. The van der Waals surface area contributed by atoms with E-state index in [0.29, 0.717) is 17.9 Å². The molecule has 16 heteroatoms. The molecule has 2 aromatic rings. The maximum atomic E-state index is 13.1. The number of halogens is 1. The lowest BCUT2D eigenvalue weighted by Gasteiger charge is -2.34. The van der Waals surface area contributed by atoms with Crippen molar-refractivity contribution in [1.29, 1.82) is 0 Å². The zero-order chi connectivity index (χ0) is 29.7. The summed E-state index contributed by atoms with van der Waals surface area (Å²) >= 11 is 0. The molecule has 5 N–H and O–H groups in total. The van der Waals surface area contributed by atoms with Gasteiger partial charge in [0.1, 0.15) is 23.5 Å². The second-order valence-electron chi connectivity index (χ2n) is 8.02. The molecule has 0 aliphatic carbocycles. The van der Waals surface area contributed by atoms with Gasteiger partial charge in [0.05, 0.1) is 7.11 Å². The van der Waals surface area contributed by atoms with E-state index in [9.17, 15) is 14.3 Å². The van der Waals surface area contributed by atoms with Crippen LogP contribution in [0.5, 0.6) is 0 Å². The largest absolute Gasteiger partial charge is 0.473 e. The third-order valence-corrected chi connectivity index (χ3v) is 5.26. The van der Waals surface area contributed by atoms with E-state index in [1.165, 1.54) is 19.2 Å². The highest BCUT2D eigenvalue weighted by molar-refractivity contribution is 6.27. The quantitative estimate of drug-likeness (QED) is 0.230. The first-order valence-electron chi connectivity index (χ1n) is 11.1. The Labute approximate surface area is 220 Å². The number of nitrogens with zero attached hydrogens (tertiary/aromatic N) is 3. The van der Waals surface area contributed by atoms with Gasteiger partial charge in [-0.25, -0.2) is 23.6 Å². The molecular formula is C23H28FN3O12. The number of likely N-dealkylation sites (N-methyl/N-ethyl adjacent to an activating group) is 1. The standard InChI is InChI=1S/C19H24FN3O4.2C2H2O4/c1-22-7-9-23(10-8-22)12-15(19(25)26-2)18(24)16-11-17(27-21-16)13-3-5-14(20)6-4-13;2*3-1(4)2(5)6/h3-6,11,15,18,24H,7-10,12H2,1-2H3;2*(H,3,4)(H,5,6). The van der Waals surface area contributed by atoms with Crippen molar-refractivity contribution in [3.8, 4) is 11.3 Å². The molecule has 0 radical (unpaired) electrons. The minimum absolute atomic E-state index is 0.249.